The minimum atomic E-state index is 0. The highest BCUT2D eigenvalue weighted by Gasteiger charge is 2.08. The van der Waals surface area contributed by atoms with E-state index in [0.717, 1.165) is 5.92 Å². The maximum absolute atomic E-state index is 2.32. The molecule has 0 saturated carbocycles. The van der Waals surface area contributed by atoms with Crippen molar-refractivity contribution in [3.63, 3.8) is 0 Å². The molecule has 0 bridgehead atoms. The summed E-state index contributed by atoms with van der Waals surface area (Å²) in [7, 11) is 6.00. The van der Waals surface area contributed by atoms with E-state index in [4.69, 9.17) is 0 Å². The van der Waals surface area contributed by atoms with E-state index in [1.807, 2.05) is 26.0 Å². The molecule has 0 N–H and O–H groups in total. The van der Waals surface area contributed by atoms with Crippen molar-refractivity contribution in [1.29, 1.82) is 0 Å². The van der Waals surface area contributed by atoms with Gasteiger partial charge in [-0.3, -0.25) is 0 Å². The van der Waals surface area contributed by atoms with Gasteiger partial charge < -0.3 is 4.90 Å². The highest BCUT2D eigenvalue weighted by atomic mass is 35.5. The van der Waals surface area contributed by atoms with Gasteiger partial charge in [-0.1, -0.05) is 64.0 Å². The van der Waals surface area contributed by atoms with Gasteiger partial charge in [0, 0.05) is 0 Å². The van der Waals surface area contributed by atoms with Crippen molar-refractivity contribution in [3.05, 3.63) is 12.2 Å². The molecule has 0 aliphatic heterocycles. The first kappa shape index (κ1) is 19.3. The van der Waals surface area contributed by atoms with Crippen LogP contribution in [0.1, 0.15) is 58.3 Å². The summed E-state index contributed by atoms with van der Waals surface area (Å²) < 4.78 is 0. The summed E-state index contributed by atoms with van der Waals surface area (Å²) in [5.74, 6) is 0.903. The van der Waals surface area contributed by atoms with Gasteiger partial charge in [0.2, 0.25) is 0 Å². The Hall–Kier alpha value is -0.0100. The predicted molar refractivity (Wildman–Crippen MR) is 82.1 cm³/mol. The number of unbranched alkanes of at least 4 members (excludes halogenated alkanes) is 6. The standard InChI is InChI=1S/C12H22.C3H9N.ClH/c1-2-3-4-5-6-7-8-9-12-10-11-12;1-4(2)3;/h10-12H,2-9H2,1H3;1-3H3;1H. The Labute approximate surface area is 115 Å². The number of halogens is 1. The van der Waals surface area contributed by atoms with Gasteiger partial charge in [0.15, 0.2) is 0 Å². The predicted octanol–water partition coefficient (Wildman–Crippen LogP) is 4.91. The van der Waals surface area contributed by atoms with Crippen LogP contribution in [0, 0.1) is 5.92 Å². The average Bonchev–Trinajstić information content (AvgIpc) is 2.99. The lowest BCUT2D eigenvalue weighted by atomic mass is 10.1. The molecule has 0 heterocycles. The van der Waals surface area contributed by atoms with Crippen molar-refractivity contribution >= 4 is 12.4 Å². The lowest BCUT2D eigenvalue weighted by molar-refractivity contribution is 0.505. The molecule has 0 fully saturated rings. The zero-order valence-corrected chi connectivity index (χ0v) is 13.1. The second-order valence-corrected chi connectivity index (χ2v) is 5.30. The molecule has 0 atom stereocenters. The normalized spacial score (nSPS) is 13.0. The zero-order valence-electron chi connectivity index (χ0n) is 12.2. The van der Waals surface area contributed by atoms with Crippen molar-refractivity contribution in [2.75, 3.05) is 21.1 Å². The number of hydrogen-bond donors (Lipinski definition) is 0. The van der Waals surface area contributed by atoms with Gasteiger partial charge in [-0.05, 0) is 33.5 Å². The van der Waals surface area contributed by atoms with E-state index in [0.29, 0.717) is 0 Å². The molecule has 1 aliphatic carbocycles. The molecule has 0 unspecified atom stereocenters. The molecule has 1 aliphatic rings. The van der Waals surface area contributed by atoms with Crippen molar-refractivity contribution in [3.8, 4) is 0 Å². The third-order valence-corrected chi connectivity index (χ3v) is 2.61. The van der Waals surface area contributed by atoms with Crippen LogP contribution >= 0.6 is 12.4 Å². The molecular formula is C15H32ClN. The van der Waals surface area contributed by atoms with Crippen LogP contribution in [0.2, 0.25) is 0 Å². The molecule has 1 nitrogen and oxygen atoms in total. The molecule has 0 aromatic carbocycles. The summed E-state index contributed by atoms with van der Waals surface area (Å²) in [6.45, 7) is 2.28. The van der Waals surface area contributed by atoms with Crippen molar-refractivity contribution in [2.24, 2.45) is 5.92 Å². The molecule has 0 aromatic heterocycles. The summed E-state index contributed by atoms with van der Waals surface area (Å²) in [6.07, 6.45) is 16.2. The van der Waals surface area contributed by atoms with Crippen LogP contribution < -0.4 is 0 Å². The minimum Gasteiger partial charge on any atom is -0.312 e. The van der Waals surface area contributed by atoms with Gasteiger partial charge in [-0.2, -0.15) is 0 Å². The Morgan fingerprint density at radius 3 is 1.65 bits per heavy atom. The molecule has 1 rings (SSSR count). The second kappa shape index (κ2) is 14.1. The van der Waals surface area contributed by atoms with E-state index < -0.39 is 0 Å². The third kappa shape index (κ3) is 21.8. The van der Waals surface area contributed by atoms with E-state index >= 15 is 0 Å². The van der Waals surface area contributed by atoms with Crippen LogP contribution in [0.3, 0.4) is 0 Å². The van der Waals surface area contributed by atoms with Gasteiger partial charge in [0.05, 0.1) is 0 Å². The lowest BCUT2D eigenvalue weighted by Crippen LogP contribution is -1.99. The summed E-state index contributed by atoms with van der Waals surface area (Å²) in [5.41, 5.74) is 0. The minimum absolute atomic E-state index is 0. The van der Waals surface area contributed by atoms with Gasteiger partial charge >= 0.3 is 0 Å². The fourth-order valence-electron chi connectivity index (χ4n) is 1.61. The van der Waals surface area contributed by atoms with E-state index in [2.05, 4.69) is 19.1 Å². The largest absolute Gasteiger partial charge is 0.312 e. The maximum Gasteiger partial charge on any atom is -0.00531 e. The van der Waals surface area contributed by atoms with Crippen molar-refractivity contribution in [2.45, 2.75) is 58.3 Å². The van der Waals surface area contributed by atoms with Crippen LogP contribution in [-0.4, -0.2) is 26.0 Å². The van der Waals surface area contributed by atoms with Crippen LogP contribution in [0.5, 0.6) is 0 Å². The molecule has 0 radical (unpaired) electrons. The van der Waals surface area contributed by atoms with Crippen molar-refractivity contribution in [1.82, 2.24) is 4.90 Å². The first-order valence-corrected chi connectivity index (χ1v) is 6.96. The highest BCUT2D eigenvalue weighted by Crippen LogP contribution is 2.23. The van der Waals surface area contributed by atoms with E-state index in [-0.39, 0.29) is 12.4 Å². The number of rotatable bonds is 8. The fraction of sp³-hybridized carbons (Fsp3) is 0.867. The zero-order chi connectivity index (χ0) is 12.2. The quantitative estimate of drug-likeness (QED) is 0.443. The van der Waals surface area contributed by atoms with E-state index in [1.165, 1.54) is 51.4 Å². The molecule has 104 valence electrons. The van der Waals surface area contributed by atoms with E-state index in [9.17, 15) is 0 Å². The molecular weight excluding hydrogens is 230 g/mol. The average molecular weight is 262 g/mol. The maximum atomic E-state index is 2.32. The van der Waals surface area contributed by atoms with Crippen LogP contribution in [0.15, 0.2) is 12.2 Å². The smallest absolute Gasteiger partial charge is 0.00531 e. The Morgan fingerprint density at radius 2 is 1.24 bits per heavy atom. The van der Waals surface area contributed by atoms with Gasteiger partial charge in [0.25, 0.3) is 0 Å². The Balaban J connectivity index is 0. The van der Waals surface area contributed by atoms with E-state index in [1.54, 1.807) is 0 Å². The monoisotopic (exact) mass is 261 g/mol. The highest BCUT2D eigenvalue weighted by molar-refractivity contribution is 5.85. The molecule has 0 amide bonds. The molecule has 17 heavy (non-hydrogen) atoms. The number of nitrogens with zero attached hydrogens (tertiary/aromatic N) is 1. The lowest BCUT2D eigenvalue weighted by Gasteiger charge is -1.99. The van der Waals surface area contributed by atoms with Gasteiger partial charge in [0.1, 0.15) is 0 Å². The van der Waals surface area contributed by atoms with Crippen LogP contribution in [0.4, 0.5) is 0 Å². The van der Waals surface area contributed by atoms with Gasteiger partial charge in [-0.25, -0.2) is 0 Å². The topological polar surface area (TPSA) is 3.24 Å². The fourth-order valence-corrected chi connectivity index (χ4v) is 1.61. The second-order valence-electron chi connectivity index (χ2n) is 5.30. The molecule has 0 saturated heterocycles. The third-order valence-electron chi connectivity index (χ3n) is 2.61. The number of hydrogen-bond acceptors (Lipinski definition) is 1. The first-order valence-electron chi connectivity index (χ1n) is 6.96. The van der Waals surface area contributed by atoms with Crippen LogP contribution in [0.25, 0.3) is 0 Å². The Morgan fingerprint density at radius 1 is 0.824 bits per heavy atom. The summed E-state index contributed by atoms with van der Waals surface area (Å²) in [5, 5.41) is 0. The summed E-state index contributed by atoms with van der Waals surface area (Å²) in [6, 6.07) is 0. The summed E-state index contributed by atoms with van der Waals surface area (Å²) in [4.78, 5) is 2.00. The number of allylic oxidation sites excluding steroid dienone is 2. The SMILES string of the molecule is CCCCCCCCCC1C=C1.CN(C)C.Cl. The summed E-state index contributed by atoms with van der Waals surface area (Å²) >= 11 is 0. The Kier molecular flexibility index (Phi) is 16.0. The Bertz CT molecular complexity index is 158. The van der Waals surface area contributed by atoms with Crippen LogP contribution in [-0.2, 0) is 0 Å². The first-order chi connectivity index (χ1) is 7.66. The molecule has 2 heteroatoms. The van der Waals surface area contributed by atoms with Gasteiger partial charge in [-0.15, -0.1) is 12.4 Å². The molecule has 0 aromatic rings. The van der Waals surface area contributed by atoms with Crippen molar-refractivity contribution < 1.29 is 0 Å². The molecule has 0 spiro atoms.